The van der Waals surface area contributed by atoms with Gasteiger partial charge in [-0.2, -0.15) is 0 Å². The molecule has 2 aromatic heterocycles. The van der Waals surface area contributed by atoms with Gasteiger partial charge in [-0.15, -0.1) is 0 Å². The quantitative estimate of drug-likeness (QED) is 0.484. The fourth-order valence-electron chi connectivity index (χ4n) is 1.27. The normalized spacial score (nSPS) is 10.0. The molecule has 7 heteroatoms. The van der Waals surface area contributed by atoms with Gasteiger partial charge in [0.2, 0.25) is 0 Å². The third kappa shape index (κ3) is 3.49. The molecule has 0 fully saturated rings. The molecule has 2 rings (SSSR count). The lowest BCUT2D eigenvalue weighted by Crippen LogP contribution is -2.13. The largest absolute Gasteiger partial charge is 0.386 e. The van der Waals surface area contributed by atoms with Crippen LogP contribution in [0.5, 0.6) is 0 Å². The van der Waals surface area contributed by atoms with E-state index < -0.39 is 11.9 Å². The van der Waals surface area contributed by atoms with Crippen molar-refractivity contribution in [2.24, 2.45) is 0 Å². The lowest BCUT2D eigenvalue weighted by molar-refractivity contribution is 0.0397. The average molecular weight is 297 g/mol. The molecule has 5 nitrogen and oxygen atoms in total. The minimum absolute atomic E-state index is 0.0378. The number of pyridine rings is 2. The van der Waals surface area contributed by atoms with E-state index in [2.05, 4.69) is 14.7 Å². The number of hydrogen-bond donors (Lipinski definition) is 0. The molecular weight excluding hydrogens is 291 g/mol. The second-order valence-corrected chi connectivity index (χ2v) is 4.19. The van der Waals surface area contributed by atoms with E-state index in [0.717, 1.165) is 0 Å². The van der Waals surface area contributed by atoms with Gasteiger partial charge in [0.05, 0.1) is 11.1 Å². The number of aromatic nitrogens is 2. The van der Waals surface area contributed by atoms with Gasteiger partial charge in [0, 0.05) is 12.4 Å². The molecule has 0 unspecified atom stereocenters. The van der Waals surface area contributed by atoms with Crippen molar-refractivity contribution in [2.75, 3.05) is 0 Å². The van der Waals surface area contributed by atoms with E-state index in [1.54, 1.807) is 0 Å². The smallest absolute Gasteiger partial charge is 0.346 e. The predicted octanol–water partition coefficient (Wildman–Crippen LogP) is 2.78. The van der Waals surface area contributed by atoms with Crippen molar-refractivity contribution in [3.8, 4) is 0 Å². The molecule has 0 aliphatic rings. The molecule has 0 N–H and O–H groups in total. The molecule has 0 aliphatic carbocycles. The van der Waals surface area contributed by atoms with Crippen molar-refractivity contribution < 1.29 is 14.3 Å². The number of rotatable bonds is 2. The molecule has 0 amide bonds. The first-order valence-corrected chi connectivity index (χ1v) is 5.81. The summed E-state index contributed by atoms with van der Waals surface area (Å²) in [5.41, 5.74) is 0.266. The standard InChI is InChI=1S/C12H6Cl2N2O3/c13-9-5-8(6-10(14)16-9)12(18)19-11(17)7-1-3-15-4-2-7/h1-6H. The van der Waals surface area contributed by atoms with Gasteiger partial charge in [-0.1, -0.05) is 23.2 Å². The Balaban J connectivity index is 2.15. The van der Waals surface area contributed by atoms with Gasteiger partial charge in [0.15, 0.2) is 0 Å². The number of halogens is 2. The maximum atomic E-state index is 11.7. The Morgan fingerprint density at radius 3 is 2.05 bits per heavy atom. The highest BCUT2D eigenvalue weighted by Gasteiger charge is 2.16. The van der Waals surface area contributed by atoms with Gasteiger partial charge in [-0.05, 0) is 24.3 Å². The Hall–Kier alpha value is -1.98. The zero-order chi connectivity index (χ0) is 13.8. The molecule has 0 saturated carbocycles. The van der Waals surface area contributed by atoms with E-state index in [9.17, 15) is 9.59 Å². The lowest BCUT2D eigenvalue weighted by Gasteiger charge is -2.03. The highest BCUT2D eigenvalue weighted by molar-refractivity contribution is 6.33. The van der Waals surface area contributed by atoms with Gasteiger partial charge in [0.1, 0.15) is 10.3 Å². The molecule has 0 aromatic carbocycles. The van der Waals surface area contributed by atoms with Crippen LogP contribution in [0.4, 0.5) is 0 Å². The van der Waals surface area contributed by atoms with Crippen LogP contribution in [0, 0.1) is 0 Å². The van der Waals surface area contributed by atoms with Crippen LogP contribution < -0.4 is 0 Å². The zero-order valence-corrected chi connectivity index (χ0v) is 10.9. The van der Waals surface area contributed by atoms with E-state index in [4.69, 9.17) is 23.2 Å². The van der Waals surface area contributed by atoms with Gasteiger partial charge in [-0.25, -0.2) is 14.6 Å². The van der Waals surface area contributed by atoms with Crippen molar-refractivity contribution in [2.45, 2.75) is 0 Å². The zero-order valence-electron chi connectivity index (χ0n) is 9.34. The summed E-state index contributed by atoms with van der Waals surface area (Å²) in [4.78, 5) is 30.8. The van der Waals surface area contributed by atoms with Crippen LogP contribution in [0.15, 0.2) is 36.7 Å². The molecule has 0 atom stereocenters. The summed E-state index contributed by atoms with van der Waals surface area (Å²) >= 11 is 11.3. The van der Waals surface area contributed by atoms with E-state index in [0.29, 0.717) is 0 Å². The molecule has 0 bridgehead atoms. The molecule has 0 saturated heterocycles. The molecule has 0 radical (unpaired) electrons. The maximum absolute atomic E-state index is 11.7. The van der Waals surface area contributed by atoms with Crippen LogP contribution in [0.1, 0.15) is 20.7 Å². The maximum Gasteiger partial charge on any atom is 0.346 e. The first-order chi connectivity index (χ1) is 9.06. The van der Waals surface area contributed by atoms with Crippen molar-refractivity contribution in [1.29, 1.82) is 0 Å². The molecule has 0 spiro atoms. The first-order valence-electron chi connectivity index (χ1n) is 5.06. The number of hydrogen-bond acceptors (Lipinski definition) is 5. The summed E-state index contributed by atoms with van der Waals surface area (Å²) in [5.74, 6) is -1.63. The second kappa shape index (κ2) is 5.77. The summed E-state index contributed by atoms with van der Waals surface area (Å²) < 4.78 is 4.68. The highest BCUT2D eigenvalue weighted by atomic mass is 35.5. The molecule has 96 valence electrons. The predicted molar refractivity (Wildman–Crippen MR) is 68.2 cm³/mol. The van der Waals surface area contributed by atoms with E-state index >= 15 is 0 Å². The van der Waals surface area contributed by atoms with Gasteiger partial charge in [-0.3, -0.25) is 4.98 Å². The van der Waals surface area contributed by atoms with E-state index in [-0.39, 0.29) is 21.4 Å². The Kier molecular flexibility index (Phi) is 4.09. The summed E-state index contributed by atoms with van der Waals surface area (Å²) in [6.07, 6.45) is 2.84. The van der Waals surface area contributed by atoms with Crippen LogP contribution in [-0.2, 0) is 4.74 Å². The van der Waals surface area contributed by atoms with Crippen LogP contribution in [0.25, 0.3) is 0 Å². The average Bonchev–Trinajstić information content (AvgIpc) is 2.38. The van der Waals surface area contributed by atoms with Gasteiger partial charge < -0.3 is 4.74 Å². The first kappa shape index (κ1) is 13.5. The van der Waals surface area contributed by atoms with Crippen molar-refractivity contribution in [3.63, 3.8) is 0 Å². The summed E-state index contributed by atoms with van der Waals surface area (Å²) in [6, 6.07) is 5.38. The Morgan fingerprint density at radius 1 is 0.947 bits per heavy atom. The fraction of sp³-hybridized carbons (Fsp3) is 0. The summed E-state index contributed by atoms with van der Waals surface area (Å²) in [7, 11) is 0. The molecular formula is C12H6Cl2N2O3. The number of esters is 2. The SMILES string of the molecule is O=C(OC(=O)c1cc(Cl)nc(Cl)c1)c1ccncc1. The van der Waals surface area contributed by atoms with Crippen LogP contribution in [0.3, 0.4) is 0 Å². The monoisotopic (exact) mass is 296 g/mol. The molecule has 2 heterocycles. The topological polar surface area (TPSA) is 69.2 Å². The third-order valence-corrected chi connectivity index (χ3v) is 2.49. The molecule has 0 aliphatic heterocycles. The Morgan fingerprint density at radius 2 is 1.47 bits per heavy atom. The molecule has 19 heavy (non-hydrogen) atoms. The second-order valence-electron chi connectivity index (χ2n) is 3.41. The number of carbonyl (C=O) groups is 2. The summed E-state index contributed by atoms with van der Waals surface area (Å²) in [6.45, 7) is 0. The fourth-order valence-corrected chi connectivity index (χ4v) is 1.73. The van der Waals surface area contributed by atoms with E-state index in [1.807, 2.05) is 0 Å². The van der Waals surface area contributed by atoms with Gasteiger partial charge >= 0.3 is 11.9 Å². The van der Waals surface area contributed by atoms with Crippen molar-refractivity contribution in [3.05, 3.63) is 58.1 Å². The molecule has 2 aromatic rings. The summed E-state index contributed by atoms with van der Waals surface area (Å²) in [5, 5.41) is 0.0756. The van der Waals surface area contributed by atoms with Crippen LogP contribution >= 0.6 is 23.2 Å². The van der Waals surface area contributed by atoms with Gasteiger partial charge in [0.25, 0.3) is 0 Å². The third-order valence-electron chi connectivity index (χ3n) is 2.10. The minimum Gasteiger partial charge on any atom is -0.386 e. The van der Waals surface area contributed by atoms with E-state index in [1.165, 1.54) is 36.7 Å². The Labute approximate surface area is 118 Å². The highest BCUT2D eigenvalue weighted by Crippen LogP contribution is 2.16. The number of nitrogens with zero attached hydrogens (tertiary/aromatic N) is 2. The number of carbonyl (C=O) groups excluding carboxylic acids is 2. The number of ether oxygens (including phenoxy) is 1. The minimum atomic E-state index is -0.854. The Bertz CT molecular complexity index is 612. The lowest BCUT2D eigenvalue weighted by atomic mass is 10.2. The van der Waals surface area contributed by atoms with Crippen molar-refractivity contribution >= 4 is 35.1 Å². The van der Waals surface area contributed by atoms with Crippen molar-refractivity contribution in [1.82, 2.24) is 9.97 Å². The van der Waals surface area contributed by atoms with Crippen LogP contribution in [-0.4, -0.2) is 21.9 Å². The van der Waals surface area contributed by atoms with Crippen LogP contribution in [0.2, 0.25) is 10.3 Å².